The van der Waals surface area contributed by atoms with E-state index in [0.29, 0.717) is 12.1 Å². The highest BCUT2D eigenvalue weighted by molar-refractivity contribution is 7.79. The number of hydrogen-bond donors (Lipinski definition) is 3. The van der Waals surface area contributed by atoms with Crippen molar-refractivity contribution < 1.29 is 14.8 Å². The number of benzene rings is 2. The Morgan fingerprint density at radius 1 is 1.24 bits per heavy atom. The lowest BCUT2D eigenvalue weighted by molar-refractivity contribution is -0.201. The summed E-state index contributed by atoms with van der Waals surface area (Å²) in [6.07, 6.45) is 0.560. The highest BCUT2D eigenvalue weighted by Gasteiger charge is 2.23. The average molecular weight is 361 g/mol. The molecule has 0 saturated carbocycles. The summed E-state index contributed by atoms with van der Waals surface area (Å²) in [4.78, 5) is 3.74. The predicted octanol–water partition coefficient (Wildman–Crippen LogP) is 5.07. The van der Waals surface area contributed by atoms with Gasteiger partial charge in [0.05, 0.1) is 0 Å². The normalized spacial score (nSPS) is 13.2. The Bertz CT molecular complexity index is 783. The molecule has 0 aromatic heterocycles. The maximum Gasteiger partial charge on any atom is 0.212 e. The number of halogens is 1. The van der Waals surface area contributed by atoms with Crippen LogP contribution in [-0.2, 0) is 6.42 Å². The van der Waals surface area contributed by atoms with Crippen LogP contribution in [0.1, 0.15) is 28.2 Å². The minimum Gasteiger partial charge on any atom is -0.231 e. The molecule has 25 heavy (non-hydrogen) atoms. The molecule has 0 aliphatic carbocycles. The van der Waals surface area contributed by atoms with Gasteiger partial charge in [0.2, 0.25) is 5.69 Å². The standard InChI is InChI=1S/C19H22FN2O2S/c1-13-5-4-6-18(14(13)2)19(15(3)21-12-20)11-16-7-9-17(10-8-16)22(23,24)25/h4-10,12,19,23-25H,3,11H2,1-2H3/q+1. The van der Waals surface area contributed by atoms with Crippen LogP contribution in [0.5, 0.6) is 0 Å². The molecule has 132 valence electrons. The number of aryl methyl sites for hydroxylation is 1. The van der Waals surface area contributed by atoms with Gasteiger partial charge in [-0.1, -0.05) is 36.9 Å². The van der Waals surface area contributed by atoms with Crippen molar-refractivity contribution in [2.45, 2.75) is 26.2 Å². The Morgan fingerprint density at radius 2 is 1.88 bits per heavy atom. The van der Waals surface area contributed by atoms with Crippen LogP contribution in [0.2, 0.25) is 0 Å². The van der Waals surface area contributed by atoms with Crippen LogP contribution in [0.25, 0.3) is 0 Å². The molecule has 1 atom stereocenters. The summed E-state index contributed by atoms with van der Waals surface area (Å²) in [7, 11) is 0. The Morgan fingerprint density at radius 3 is 2.44 bits per heavy atom. The minimum absolute atomic E-state index is 0.184. The van der Waals surface area contributed by atoms with Crippen molar-refractivity contribution in [2.24, 2.45) is 4.99 Å². The fourth-order valence-electron chi connectivity index (χ4n) is 2.78. The van der Waals surface area contributed by atoms with Crippen molar-refractivity contribution in [1.82, 2.24) is 4.21 Å². The third-order valence-electron chi connectivity index (χ3n) is 4.36. The van der Waals surface area contributed by atoms with Crippen molar-refractivity contribution in [3.63, 3.8) is 0 Å². The molecule has 0 saturated heterocycles. The van der Waals surface area contributed by atoms with Gasteiger partial charge >= 0.3 is 0 Å². The molecule has 4 nitrogen and oxygen atoms in total. The van der Waals surface area contributed by atoms with E-state index < -0.39 is 4.21 Å². The van der Waals surface area contributed by atoms with Crippen molar-refractivity contribution in [3.05, 3.63) is 77.0 Å². The van der Waals surface area contributed by atoms with Crippen LogP contribution >= 0.6 is 12.8 Å². The van der Waals surface area contributed by atoms with Gasteiger partial charge in [-0.3, -0.25) is 0 Å². The van der Waals surface area contributed by atoms with Crippen LogP contribution in [-0.4, -0.2) is 16.9 Å². The zero-order valence-electron chi connectivity index (χ0n) is 14.2. The second-order valence-electron chi connectivity index (χ2n) is 6.00. The van der Waals surface area contributed by atoms with Crippen molar-refractivity contribution in [2.75, 3.05) is 0 Å². The number of rotatable bonds is 6. The quantitative estimate of drug-likeness (QED) is 0.291. The first-order valence-corrected chi connectivity index (χ1v) is 8.18. The summed E-state index contributed by atoms with van der Waals surface area (Å²) in [5.41, 5.74) is 4.90. The van der Waals surface area contributed by atoms with E-state index in [1.54, 1.807) is 24.3 Å². The van der Waals surface area contributed by atoms with Gasteiger partial charge in [0.1, 0.15) is 12.8 Å². The van der Waals surface area contributed by atoms with Crippen LogP contribution < -0.4 is 4.21 Å². The Kier molecular flexibility index (Phi) is 6.13. The number of thiol groups is 1. The molecular weight excluding hydrogens is 339 g/mol. The van der Waals surface area contributed by atoms with Crippen LogP contribution in [0.15, 0.2) is 59.7 Å². The molecule has 2 rings (SSSR count). The molecule has 2 aromatic rings. The highest BCUT2D eigenvalue weighted by Crippen LogP contribution is 2.32. The van der Waals surface area contributed by atoms with E-state index in [2.05, 4.69) is 24.4 Å². The molecule has 0 aliphatic heterocycles. The molecule has 6 heteroatoms. The third kappa shape index (κ3) is 4.76. The number of hydrogen-bond acceptors (Lipinski definition) is 4. The largest absolute Gasteiger partial charge is 0.231 e. The molecular formula is C19H22FN2O2S+. The second kappa shape index (κ2) is 7.93. The van der Waals surface area contributed by atoms with Crippen LogP contribution in [0.3, 0.4) is 0 Å². The maximum atomic E-state index is 12.6. The van der Waals surface area contributed by atoms with Gasteiger partial charge in [-0.25, -0.2) is 4.99 Å². The lowest BCUT2D eigenvalue weighted by Crippen LogP contribution is -2.29. The number of nitrogens with zero attached hydrogens (tertiary/aromatic N) is 2. The number of aliphatic imine (C=N–C) groups is 1. The zero-order chi connectivity index (χ0) is 18.6. The molecule has 1 unspecified atom stereocenters. The van der Waals surface area contributed by atoms with Crippen LogP contribution in [0, 0.1) is 13.8 Å². The lowest BCUT2D eigenvalue weighted by atomic mass is 9.86. The molecule has 0 bridgehead atoms. The second-order valence-corrected chi connectivity index (χ2v) is 6.56. The number of quaternary nitrogens is 1. The average Bonchev–Trinajstić information content (AvgIpc) is 2.55. The van der Waals surface area contributed by atoms with Gasteiger partial charge in [-0.15, -0.1) is 0 Å². The Hall–Kier alpha value is -1.99. The molecule has 0 aliphatic rings. The zero-order valence-corrected chi connectivity index (χ0v) is 15.1. The molecule has 0 fully saturated rings. The fraction of sp³-hybridized carbons (Fsp3) is 0.211. The topological polar surface area (TPSA) is 52.8 Å². The Balaban J connectivity index is 2.37. The monoisotopic (exact) mass is 361 g/mol. The van der Waals surface area contributed by atoms with Gasteiger partial charge in [-0.2, -0.15) is 14.8 Å². The molecule has 2 N–H and O–H groups in total. The number of allylic oxidation sites excluding steroid dienone is 1. The van der Waals surface area contributed by atoms with Crippen molar-refractivity contribution in [1.29, 1.82) is 0 Å². The summed E-state index contributed by atoms with van der Waals surface area (Å²) in [5.74, 6) is -0.184. The molecule has 0 spiro atoms. The van der Waals surface area contributed by atoms with E-state index in [1.807, 2.05) is 32.0 Å². The summed E-state index contributed by atoms with van der Waals surface area (Å²) in [6, 6.07) is 12.7. The van der Waals surface area contributed by atoms with E-state index >= 15 is 0 Å². The summed E-state index contributed by atoms with van der Waals surface area (Å²) >= 11 is 3.66. The van der Waals surface area contributed by atoms with E-state index in [-0.39, 0.29) is 18.1 Å². The van der Waals surface area contributed by atoms with Gasteiger partial charge in [0, 0.05) is 28.0 Å². The van der Waals surface area contributed by atoms with E-state index in [4.69, 9.17) is 0 Å². The smallest absolute Gasteiger partial charge is 0.212 e. The van der Waals surface area contributed by atoms with Crippen LogP contribution in [0.4, 0.5) is 10.1 Å². The highest BCUT2D eigenvalue weighted by atomic mass is 32.1. The molecule has 0 heterocycles. The van der Waals surface area contributed by atoms with E-state index in [0.717, 1.165) is 22.3 Å². The van der Waals surface area contributed by atoms with Gasteiger partial charge in [-0.05, 0) is 42.5 Å². The fourth-order valence-corrected chi connectivity index (χ4v) is 2.91. The van der Waals surface area contributed by atoms with Gasteiger partial charge < -0.3 is 0 Å². The van der Waals surface area contributed by atoms with E-state index in [1.165, 1.54) is 0 Å². The molecule has 2 aromatic carbocycles. The predicted molar refractivity (Wildman–Crippen MR) is 102 cm³/mol. The van der Waals surface area contributed by atoms with Crippen molar-refractivity contribution >= 4 is 25.0 Å². The molecule has 0 radical (unpaired) electrons. The summed E-state index contributed by atoms with van der Waals surface area (Å²) in [5, 5.41) is 18.9. The van der Waals surface area contributed by atoms with Gasteiger partial charge in [0.15, 0.2) is 6.47 Å². The SMILES string of the molecule is C=C(N=CF)C(Cc1ccc([N+](O)(O)S)cc1)c1cccc(C)c1C. The minimum atomic E-state index is -1.53. The summed E-state index contributed by atoms with van der Waals surface area (Å²) < 4.78 is 11.1. The van der Waals surface area contributed by atoms with Crippen molar-refractivity contribution in [3.8, 4) is 0 Å². The first kappa shape index (κ1) is 19.3. The first-order valence-electron chi connectivity index (χ1n) is 7.78. The Labute approximate surface area is 152 Å². The summed E-state index contributed by atoms with van der Waals surface area (Å²) in [6.45, 7) is 8.22. The van der Waals surface area contributed by atoms with E-state index in [9.17, 15) is 14.8 Å². The maximum absolute atomic E-state index is 12.6. The third-order valence-corrected chi connectivity index (χ3v) is 4.59. The first-order chi connectivity index (χ1) is 11.7. The lowest BCUT2D eigenvalue weighted by Gasteiger charge is -2.21. The van der Waals surface area contributed by atoms with Gasteiger partial charge in [0.25, 0.3) is 0 Å². The molecule has 0 amide bonds.